The number of benzene rings is 1. The van der Waals surface area contributed by atoms with Crippen molar-refractivity contribution in [3.63, 3.8) is 0 Å². The van der Waals surface area contributed by atoms with Gasteiger partial charge < -0.3 is 0 Å². The van der Waals surface area contributed by atoms with E-state index in [1.165, 1.54) is 6.07 Å². The summed E-state index contributed by atoms with van der Waals surface area (Å²) in [4.78, 5) is 0. The topological polar surface area (TPSA) is 38.0 Å². The van der Waals surface area contributed by atoms with E-state index in [2.05, 4.69) is 26.2 Å². The molecule has 1 atom stereocenters. The molecule has 0 radical (unpaired) electrons. The molecule has 0 aliphatic heterocycles. The van der Waals surface area contributed by atoms with Gasteiger partial charge in [0, 0.05) is 0 Å². The van der Waals surface area contributed by atoms with Crippen LogP contribution in [-0.2, 0) is 0 Å². The summed E-state index contributed by atoms with van der Waals surface area (Å²) in [6, 6.07) is 4.80. The molecule has 1 aromatic rings. The maximum Gasteiger partial charge on any atom is 0.123 e. The molecule has 1 rings (SSSR count). The van der Waals surface area contributed by atoms with Crippen molar-refractivity contribution in [1.29, 1.82) is 0 Å². The first kappa shape index (κ1) is 13.1. The molecule has 16 heavy (non-hydrogen) atoms. The maximum atomic E-state index is 13.3. The summed E-state index contributed by atoms with van der Waals surface area (Å²) in [5.41, 5.74) is 4.80. The van der Waals surface area contributed by atoms with Gasteiger partial charge in [-0.1, -0.05) is 26.8 Å². The van der Waals surface area contributed by atoms with Gasteiger partial charge in [0.2, 0.25) is 0 Å². The second-order valence-electron chi connectivity index (χ2n) is 4.94. The molecule has 3 heteroatoms. The maximum absolute atomic E-state index is 13.3. The molecule has 1 aromatic carbocycles. The van der Waals surface area contributed by atoms with Gasteiger partial charge >= 0.3 is 0 Å². The normalized spacial score (nSPS) is 13.9. The second-order valence-corrected chi connectivity index (χ2v) is 4.94. The van der Waals surface area contributed by atoms with Crippen LogP contribution in [0.15, 0.2) is 18.2 Å². The highest BCUT2D eigenvalue weighted by atomic mass is 19.1. The molecule has 3 N–H and O–H groups in total. The predicted molar refractivity (Wildman–Crippen MR) is 65.3 cm³/mol. The Morgan fingerprint density at radius 1 is 1.44 bits per heavy atom. The van der Waals surface area contributed by atoms with E-state index in [-0.39, 0.29) is 17.3 Å². The minimum atomic E-state index is -0.215. The van der Waals surface area contributed by atoms with E-state index in [1.54, 1.807) is 12.1 Å². The lowest BCUT2D eigenvalue weighted by molar-refractivity contribution is 0.235. The number of nitrogens with one attached hydrogen (secondary N) is 1. The van der Waals surface area contributed by atoms with Gasteiger partial charge in [-0.15, -0.1) is 0 Å². The first-order valence-corrected chi connectivity index (χ1v) is 5.64. The number of rotatable bonds is 4. The van der Waals surface area contributed by atoms with Crippen molar-refractivity contribution in [2.75, 3.05) is 0 Å². The van der Waals surface area contributed by atoms with E-state index in [1.807, 2.05) is 6.92 Å². The quantitative estimate of drug-likeness (QED) is 0.609. The van der Waals surface area contributed by atoms with Crippen LogP contribution in [0.3, 0.4) is 0 Å². The molecule has 90 valence electrons. The Morgan fingerprint density at radius 3 is 2.56 bits per heavy atom. The largest absolute Gasteiger partial charge is 0.271 e. The van der Waals surface area contributed by atoms with Crippen molar-refractivity contribution in [3.05, 3.63) is 35.1 Å². The van der Waals surface area contributed by atoms with Gasteiger partial charge in [0.05, 0.1) is 6.04 Å². The minimum Gasteiger partial charge on any atom is -0.271 e. The molecule has 0 aliphatic rings. The molecular formula is C13H21FN2. The summed E-state index contributed by atoms with van der Waals surface area (Å²) in [6.45, 7) is 8.34. The SMILES string of the molecule is CCC(C)(C)C(NN)c1cc(F)ccc1C. The van der Waals surface area contributed by atoms with Crippen molar-refractivity contribution in [2.45, 2.75) is 40.2 Å². The van der Waals surface area contributed by atoms with Crippen LogP contribution < -0.4 is 11.3 Å². The summed E-state index contributed by atoms with van der Waals surface area (Å²) >= 11 is 0. The highest BCUT2D eigenvalue weighted by Gasteiger charge is 2.29. The van der Waals surface area contributed by atoms with Gasteiger partial charge in [0.15, 0.2) is 0 Å². The number of nitrogens with two attached hydrogens (primary N) is 1. The van der Waals surface area contributed by atoms with Crippen LogP contribution in [0.1, 0.15) is 44.4 Å². The first-order chi connectivity index (χ1) is 7.42. The van der Waals surface area contributed by atoms with Crippen LogP contribution in [0.25, 0.3) is 0 Å². The summed E-state index contributed by atoms with van der Waals surface area (Å²) in [5, 5.41) is 0. The zero-order valence-electron chi connectivity index (χ0n) is 10.5. The lowest BCUT2D eigenvalue weighted by Crippen LogP contribution is -2.38. The van der Waals surface area contributed by atoms with Crippen LogP contribution in [-0.4, -0.2) is 0 Å². The lowest BCUT2D eigenvalue weighted by atomic mass is 9.77. The third-order valence-electron chi connectivity index (χ3n) is 3.41. The molecule has 0 heterocycles. The second kappa shape index (κ2) is 4.93. The van der Waals surface area contributed by atoms with Crippen molar-refractivity contribution >= 4 is 0 Å². The molecule has 0 saturated heterocycles. The van der Waals surface area contributed by atoms with Gasteiger partial charge in [-0.3, -0.25) is 11.3 Å². The first-order valence-electron chi connectivity index (χ1n) is 5.64. The smallest absolute Gasteiger partial charge is 0.123 e. The minimum absolute atomic E-state index is 0.00664. The summed E-state index contributed by atoms with van der Waals surface area (Å²) in [7, 11) is 0. The van der Waals surface area contributed by atoms with Crippen LogP contribution in [0.2, 0.25) is 0 Å². The fourth-order valence-electron chi connectivity index (χ4n) is 1.86. The zero-order chi connectivity index (χ0) is 12.3. The Balaban J connectivity index is 3.18. The van der Waals surface area contributed by atoms with Gasteiger partial charge in [-0.05, 0) is 42.0 Å². The van der Waals surface area contributed by atoms with E-state index in [4.69, 9.17) is 5.84 Å². The van der Waals surface area contributed by atoms with E-state index >= 15 is 0 Å². The fourth-order valence-corrected chi connectivity index (χ4v) is 1.86. The number of hydrogen-bond donors (Lipinski definition) is 2. The summed E-state index contributed by atoms with van der Waals surface area (Å²) < 4.78 is 13.3. The van der Waals surface area contributed by atoms with Gasteiger partial charge in [0.25, 0.3) is 0 Å². The van der Waals surface area contributed by atoms with Crippen LogP contribution in [0, 0.1) is 18.2 Å². The fraction of sp³-hybridized carbons (Fsp3) is 0.538. The molecule has 1 unspecified atom stereocenters. The number of aryl methyl sites for hydroxylation is 1. The third-order valence-corrected chi connectivity index (χ3v) is 3.41. The molecule has 0 saturated carbocycles. The van der Waals surface area contributed by atoms with Crippen LogP contribution in [0.4, 0.5) is 4.39 Å². The molecule has 0 aromatic heterocycles. The molecular weight excluding hydrogens is 203 g/mol. The van der Waals surface area contributed by atoms with Crippen molar-refractivity contribution in [2.24, 2.45) is 11.3 Å². The predicted octanol–water partition coefficient (Wildman–Crippen LogP) is 3.07. The van der Waals surface area contributed by atoms with Crippen LogP contribution in [0.5, 0.6) is 0 Å². The average molecular weight is 224 g/mol. The zero-order valence-corrected chi connectivity index (χ0v) is 10.5. The van der Waals surface area contributed by atoms with Gasteiger partial charge in [0.1, 0.15) is 5.82 Å². The van der Waals surface area contributed by atoms with Gasteiger partial charge in [-0.25, -0.2) is 4.39 Å². The lowest BCUT2D eigenvalue weighted by Gasteiger charge is -2.34. The van der Waals surface area contributed by atoms with Crippen molar-refractivity contribution in [1.82, 2.24) is 5.43 Å². The Bertz CT molecular complexity index is 361. The summed E-state index contributed by atoms with van der Waals surface area (Å²) in [5.74, 6) is 5.40. The van der Waals surface area contributed by atoms with Crippen LogP contribution >= 0.6 is 0 Å². The Kier molecular flexibility index (Phi) is 4.05. The Morgan fingerprint density at radius 2 is 2.06 bits per heavy atom. The molecule has 0 spiro atoms. The van der Waals surface area contributed by atoms with Crippen molar-refractivity contribution < 1.29 is 4.39 Å². The van der Waals surface area contributed by atoms with E-state index in [0.29, 0.717) is 0 Å². The number of hydrogen-bond acceptors (Lipinski definition) is 2. The Hall–Kier alpha value is -0.930. The molecule has 0 bridgehead atoms. The average Bonchev–Trinajstić information content (AvgIpc) is 2.24. The highest BCUT2D eigenvalue weighted by Crippen LogP contribution is 2.37. The van der Waals surface area contributed by atoms with E-state index in [9.17, 15) is 4.39 Å². The third kappa shape index (κ3) is 2.60. The van der Waals surface area contributed by atoms with E-state index < -0.39 is 0 Å². The van der Waals surface area contributed by atoms with E-state index in [0.717, 1.165) is 17.5 Å². The number of hydrazine groups is 1. The monoisotopic (exact) mass is 224 g/mol. The molecule has 2 nitrogen and oxygen atoms in total. The summed E-state index contributed by atoms with van der Waals surface area (Å²) in [6.07, 6.45) is 0.970. The molecule has 0 aliphatic carbocycles. The number of halogens is 1. The molecule has 0 amide bonds. The van der Waals surface area contributed by atoms with Gasteiger partial charge in [-0.2, -0.15) is 0 Å². The Labute approximate surface area is 97.0 Å². The van der Waals surface area contributed by atoms with Crippen molar-refractivity contribution in [3.8, 4) is 0 Å². The molecule has 0 fully saturated rings. The highest BCUT2D eigenvalue weighted by molar-refractivity contribution is 5.30. The standard InChI is InChI=1S/C13H21FN2/c1-5-13(3,4)12(16-15)11-8-10(14)7-6-9(11)2/h6-8,12,16H,5,15H2,1-4H3.